The zero-order valence-corrected chi connectivity index (χ0v) is 12.6. The Labute approximate surface area is 123 Å². The second kappa shape index (κ2) is 5.65. The number of non-ortho nitro benzene ring substituents is 1. The number of nitro benzene ring substituents is 1. The molecule has 0 saturated carbocycles. The number of nitrogens with one attached hydrogen (secondary N) is 1. The third kappa shape index (κ3) is 3.88. The Hall–Kier alpha value is -2.21. The molecule has 0 aliphatic rings. The largest absolute Gasteiger partial charge is 0.308 e. The molecule has 6 nitrogen and oxygen atoms in total. The Morgan fingerprint density at radius 2 is 2.19 bits per heavy atom. The van der Waals surface area contributed by atoms with Gasteiger partial charge in [-0.15, -0.1) is 0 Å². The van der Waals surface area contributed by atoms with Crippen LogP contribution >= 0.6 is 0 Å². The van der Waals surface area contributed by atoms with Gasteiger partial charge in [0.05, 0.1) is 23.2 Å². The van der Waals surface area contributed by atoms with E-state index in [9.17, 15) is 10.1 Å². The molecule has 0 radical (unpaired) electrons. The van der Waals surface area contributed by atoms with Crippen LogP contribution in [-0.2, 0) is 6.54 Å². The number of hydrogen-bond acceptors (Lipinski definition) is 4. The number of aromatic nitrogens is 2. The van der Waals surface area contributed by atoms with E-state index in [1.165, 1.54) is 6.07 Å². The van der Waals surface area contributed by atoms with Crippen LogP contribution in [-0.4, -0.2) is 26.8 Å². The molecule has 0 bridgehead atoms. The molecule has 0 aliphatic carbocycles. The van der Waals surface area contributed by atoms with Crippen molar-refractivity contribution >= 4 is 16.6 Å². The number of nitrogens with zero attached hydrogens (tertiary/aromatic N) is 3. The Bertz CT molecular complexity index is 683. The standard InChI is InChI=1S/C15H20N4O2/c1-11(8-16-15(2,3)4)10-18-14-7-13(19(20)21)6-5-12(14)9-17-18/h5-7,9,16H,1,8,10H2,2-4H3. The molecule has 0 amide bonds. The van der Waals surface area contributed by atoms with Gasteiger partial charge < -0.3 is 5.32 Å². The minimum absolute atomic E-state index is 0.0217. The summed E-state index contributed by atoms with van der Waals surface area (Å²) in [6, 6.07) is 4.75. The summed E-state index contributed by atoms with van der Waals surface area (Å²) in [4.78, 5) is 10.5. The van der Waals surface area contributed by atoms with E-state index >= 15 is 0 Å². The molecule has 1 aromatic carbocycles. The average molecular weight is 288 g/mol. The highest BCUT2D eigenvalue weighted by molar-refractivity contribution is 5.81. The van der Waals surface area contributed by atoms with Crippen molar-refractivity contribution in [1.82, 2.24) is 15.1 Å². The third-order valence-corrected chi connectivity index (χ3v) is 3.08. The molecule has 1 heterocycles. The predicted octanol–water partition coefficient (Wildman–Crippen LogP) is 2.89. The lowest BCUT2D eigenvalue weighted by atomic mass is 10.1. The van der Waals surface area contributed by atoms with Crippen molar-refractivity contribution in [1.29, 1.82) is 0 Å². The first-order valence-electron chi connectivity index (χ1n) is 6.78. The lowest BCUT2D eigenvalue weighted by Gasteiger charge is -2.21. The second-order valence-corrected chi connectivity index (χ2v) is 6.16. The van der Waals surface area contributed by atoms with E-state index < -0.39 is 4.92 Å². The fourth-order valence-electron chi connectivity index (χ4n) is 1.96. The minimum atomic E-state index is -0.396. The molecule has 21 heavy (non-hydrogen) atoms. The van der Waals surface area contributed by atoms with Crippen LogP contribution in [0.3, 0.4) is 0 Å². The molecule has 1 aromatic heterocycles. The van der Waals surface area contributed by atoms with Crippen LogP contribution in [0.1, 0.15) is 20.8 Å². The maximum absolute atomic E-state index is 10.9. The number of hydrogen-bond donors (Lipinski definition) is 1. The molecule has 112 valence electrons. The third-order valence-electron chi connectivity index (χ3n) is 3.08. The van der Waals surface area contributed by atoms with E-state index in [0.717, 1.165) is 16.5 Å². The molecular weight excluding hydrogens is 268 g/mol. The monoisotopic (exact) mass is 288 g/mol. The van der Waals surface area contributed by atoms with E-state index in [2.05, 4.69) is 37.8 Å². The number of rotatable bonds is 5. The van der Waals surface area contributed by atoms with Crippen molar-refractivity contribution < 1.29 is 4.92 Å². The molecule has 2 aromatic rings. The lowest BCUT2D eigenvalue weighted by molar-refractivity contribution is -0.384. The fraction of sp³-hybridized carbons (Fsp3) is 0.400. The van der Waals surface area contributed by atoms with Crippen LogP contribution in [0.2, 0.25) is 0 Å². The van der Waals surface area contributed by atoms with Gasteiger partial charge in [0.2, 0.25) is 0 Å². The van der Waals surface area contributed by atoms with E-state index in [4.69, 9.17) is 0 Å². The predicted molar refractivity (Wildman–Crippen MR) is 83.3 cm³/mol. The van der Waals surface area contributed by atoms with Crippen molar-refractivity contribution in [2.75, 3.05) is 6.54 Å². The molecule has 6 heteroatoms. The van der Waals surface area contributed by atoms with Crippen molar-refractivity contribution in [3.63, 3.8) is 0 Å². The first-order chi connectivity index (χ1) is 9.76. The zero-order chi connectivity index (χ0) is 15.6. The summed E-state index contributed by atoms with van der Waals surface area (Å²) in [6.07, 6.45) is 1.71. The van der Waals surface area contributed by atoms with Crippen molar-refractivity contribution in [2.45, 2.75) is 32.9 Å². The molecule has 1 N–H and O–H groups in total. The summed E-state index contributed by atoms with van der Waals surface area (Å²) in [6.45, 7) is 11.5. The van der Waals surface area contributed by atoms with Crippen molar-refractivity contribution in [3.05, 3.63) is 46.7 Å². The van der Waals surface area contributed by atoms with Crippen LogP contribution in [0.5, 0.6) is 0 Å². The van der Waals surface area contributed by atoms with E-state index in [1.54, 1.807) is 23.0 Å². The molecule has 0 saturated heterocycles. The van der Waals surface area contributed by atoms with Crippen LogP contribution in [0.25, 0.3) is 10.9 Å². The van der Waals surface area contributed by atoms with Gasteiger partial charge in [-0.3, -0.25) is 14.8 Å². The number of nitro groups is 1. The highest BCUT2D eigenvalue weighted by Crippen LogP contribution is 2.21. The van der Waals surface area contributed by atoms with Gasteiger partial charge in [-0.2, -0.15) is 5.10 Å². The molecule has 0 spiro atoms. The molecular formula is C15H20N4O2. The van der Waals surface area contributed by atoms with E-state index in [1.807, 2.05) is 0 Å². The van der Waals surface area contributed by atoms with Crippen molar-refractivity contribution in [2.24, 2.45) is 0 Å². The summed E-state index contributed by atoms with van der Waals surface area (Å²) in [5.74, 6) is 0. The average Bonchev–Trinajstić information content (AvgIpc) is 2.78. The van der Waals surface area contributed by atoms with Crippen LogP contribution in [0.15, 0.2) is 36.5 Å². The smallest absolute Gasteiger partial charge is 0.271 e. The van der Waals surface area contributed by atoms with Gasteiger partial charge in [0.25, 0.3) is 5.69 Å². The van der Waals surface area contributed by atoms with Gasteiger partial charge in [0, 0.05) is 29.6 Å². The van der Waals surface area contributed by atoms with Crippen LogP contribution in [0.4, 0.5) is 5.69 Å². The Morgan fingerprint density at radius 1 is 1.48 bits per heavy atom. The summed E-state index contributed by atoms with van der Waals surface area (Å²) in [5.41, 5.74) is 1.82. The number of fused-ring (bicyclic) bond motifs is 1. The first-order valence-corrected chi connectivity index (χ1v) is 6.78. The molecule has 2 rings (SSSR count). The van der Waals surface area contributed by atoms with Gasteiger partial charge in [0.15, 0.2) is 0 Å². The molecule has 0 atom stereocenters. The molecule has 0 fully saturated rings. The van der Waals surface area contributed by atoms with Crippen molar-refractivity contribution in [3.8, 4) is 0 Å². The summed E-state index contributed by atoms with van der Waals surface area (Å²) in [7, 11) is 0. The van der Waals surface area contributed by atoms with Crippen LogP contribution in [0, 0.1) is 10.1 Å². The Morgan fingerprint density at radius 3 is 2.81 bits per heavy atom. The highest BCUT2D eigenvalue weighted by Gasteiger charge is 2.12. The Kier molecular flexibility index (Phi) is 4.09. The quantitative estimate of drug-likeness (QED) is 0.521. The van der Waals surface area contributed by atoms with Gasteiger partial charge in [0.1, 0.15) is 0 Å². The van der Waals surface area contributed by atoms with Gasteiger partial charge >= 0.3 is 0 Å². The lowest BCUT2D eigenvalue weighted by Crippen LogP contribution is -2.37. The zero-order valence-electron chi connectivity index (χ0n) is 12.6. The highest BCUT2D eigenvalue weighted by atomic mass is 16.6. The summed E-state index contributed by atoms with van der Waals surface area (Å²) >= 11 is 0. The fourth-order valence-corrected chi connectivity index (χ4v) is 1.96. The number of benzene rings is 1. The molecule has 0 aliphatic heterocycles. The first kappa shape index (κ1) is 15.2. The topological polar surface area (TPSA) is 73.0 Å². The van der Waals surface area contributed by atoms with Gasteiger partial charge in [-0.25, -0.2) is 0 Å². The minimum Gasteiger partial charge on any atom is -0.308 e. The van der Waals surface area contributed by atoms with Crippen LogP contribution < -0.4 is 5.32 Å². The molecule has 0 unspecified atom stereocenters. The second-order valence-electron chi connectivity index (χ2n) is 6.16. The summed E-state index contributed by atoms with van der Waals surface area (Å²) < 4.78 is 1.75. The summed E-state index contributed by atoms with van der Waals surface area (Å²) in [5, 5.41) is 19.4. The SMILES string of the molecule is C=C(CNC(C)(C)C)Cn1ncc2ccc([N+](=O)[O-])cc21. The van der Waals surface area contributed by atoms with Gasteiger partial charge in [-0.05, 0) is 32.4 Å². The maximum atomic E-state index is 10.9. The normalized spacial score (nSPS) is 11.8. The Balaban J connectivity index is 2.16. The van der Waals surface area contributed by atoms with Gasteiger partial charge in [-0.1, -0.05) is 6.58 Å². The van der Waals surface area contributed by atoms with E-state index in [-0.39, 0.29) is 11.2 Å². The maximum Gasteiger partial charge on any atom is 0.271 e. The van der Waals surface area contributed by atoms with E-state index in [0.29, 0.717) is 13.1 Å².